The van der Waals surface area contributed by atoms with Gasteiger partial charge in [-0.15, -0.1) is 0 Å². The van der Waals surface area contributed by atoms with E-state index in [2.05, 4.69) is 5.32 Å². The predicted octanol–water partition coefficient (Wildman–Crippen LogP) is 3.05. The van der Waals surface area contributed by atoms with E-state index in [4.69, 9.17) is 9.15 Å². The van der Waals surface area contributed by atoms with Crippen molar-refractivity contribution in [1.82, 2.24) is 5.32 Å². The smallest absolute Gasteiger partial charge is 0.311 e. The van der Waals surface area contributed by atoms with Gasteiger partial charge in [-0.05, 0) is 50.5 Å². The zero-order valence-electron chi connectivity index (χ0n) is 14.1. The van der Waals surface area contributed by atoms with Gasteiger partial charge >= 0.3 is 5.97 Å². The van der Waals surface area contributed by atoms with E-state index < -0.39 is 12.1 Å². The summed E-state index contributed by atoms with van der Waals surface area (Å²) in [6.07, 6.45) is 1.70. The second-order valence-electron chi connectivity index (χ2n) is 5.79. The van der Waals surface area contributed by atoms with E-state index in [0.717, 1.165) is 34.1 Å². The van der Waals surface area contributed by atoms with Crippen LogP contribution in [0.5, 0.6) is 0 Å². The minimum absolute atomic E-state index is 0.0842. The van der Waals surface area contributed by atoms with Gasteiger partial charge < -0.3 is 14.5 Å². The standard InChI is InChI=1S/C18H23NO4/c1-5-6-19-18(21)13(4)23-17(20)9-14-10-22-16-8-12(3)11(2)7-15(14)16/h7-8,10,13H,5-6,9H2,1-4H3,(H,19,21)/t13-/m0/s1. The van der Waals surface area contributed by atoms with Crippen LogP contribution in [-0.4, -0.2) is 24.5 Å². The van der Waals surface area contributed by atoms with Crippen LogP contribution in [0.4, 0.5) is 0 Å². The number of ether oxygens (including phenoxy) is 1. The first-order valence-corrected chi connectivity index (χ1v) is 7.87. The number of carbonyl (C=O) groups is 2. The fraction of sp³-hybridized carbons (Fsp3) is 0.444. The van der Waals surface area contributed by atoms with Gasteiger partial charge in [0.2, 0.25) is 0 Å². The van der Waals surface area contributed by atoms with Crippen LogP contribution >= 0.6 is 0 Å². The molecule has 0 radical (unpaired) electrons. The highest BCUT2D eigenvalue weighted by Gasteiger charge is 2.19. The van der Waals surface area contributed by atoms with Crippen molar-refractivity contribution in [2.45, 2.75) is 46.6 Å². The normalized spacial score (nSPS) is 12.2. The summed E-state index contributed by atoms with van der Waals surface area (Å²) in [4.78, 5) is 23.8. The Kier molecular flexibility index (Phi) is 5.42. The van der Waals surface area contributed by atoms with Crippen LogP contribution in [0, 0.1) is 13.8 Å². The number of aryl methyl sites for hydroxylation is 2. The lowest BCUT2D eigenvalue weighted by atomic mass is 10.0. The van der Waals surface area contributed by atoms with Crippen LogP contribution in [0.1, 0.15) is 37.0 Å². The van der Waals surface area contributed by atoms with Crippen molar-refractivity contribution in [2.24, 2.45) is 0 Å². The molecule has 0 bridgehead atoms. The lowest BCUT2D eigenvalue weighted by Gasteiger charge is -2.12. The van der Waals surface area contributed by atoms with Gasteiger partial charge in [-0.25, -0.2) is 0 Å². The molecule has 2 rings (SSSR count). The lowest BCUT2D eigenvalue weighted by molar-refractivity contribution is -0.154. The zero-order chi connectivity index (χ0) is 17.0. The Bertz CT molecular complexity index is 717. The lowest BCUT2D eigenvalue weighted by Crippen LogP contribution is -2.36. The molecular formula is C18H23NO4. The molecule has 1 heterocycles. The van der Waals surface area contributed by atoms with Gasteiger partial charge in [0.25, 0.3) is 5.91 Å². The number of nitrogens with one attached hydrogen (secondary N) is 1. The number of amides is 1. The Labute approximate surface area is 136 Å². The number of fused-ring (bicyclic) bond motifs is 1. The molecule has 0 aliphatic heterocycles. The fourth-order valence-corrected chi connectivity index (χ4v) is 2.31. The van der Waals surface area contributed by atoms with E-state index in [9.17, 15) is 9.59 Å². The van der Waals surface area contributed by atoms with E-state index >= 15 is 0 Å². The number of carbonyl (C=O) groups excluding carboxylic acids is 2. The molecule has 5 heteroatoms. The van der Waals surface area contributed by atoms with E-state index in [1.54, 1.807) is 13.2 Å². The molecule has 0 aliphatic rings. The summed E-state index contributed by atoms with van der Waals surface area (Å²) in [6, 6.07) is 3.97. The highest BCUT2D eigenvalue weighted by Crippen LogP contribution is 2.25. The summed E-state index contributed by atoms with van der Waals surface area (Å²) in [7, 11) is 0. The quantitative estimate of drug-likeness (QED) is 0.831. The van der Waals surface area contributed by atoms with Crippen molar-refractivity contribution in [3.05, 3.63) is 35.1 Å². The molecule has 1 aromatic heterocycles. The molecule has 1 aromatic carbocycles. The maximum absolute atomic E-state index is 12.1. The summed E-state index contributed by atoms with van der Waals surface area (Å²) in [5, 5.41) is 3.62. The second-order valence-corrected chi connectivity index (χ2v) is 5.79. The van der Waals surface area contributed by atoms with Crippen LogP contribution in [0.15, 0.2) is 22.8 Å². The molecule has 2 aromatic rings. The van der Waals surface area contributed by atoms with Gasteiger partial charge in [0.15, 0.2) is 6.10 Å². The Morgan fingerprint density at radius 3 is 2.65 bits per heavy atom. The molecule has 0 fully saturated rings. The third-order valence-corrected chi connectivity index (χ3v) is 3.83. The Hall–Kier alpha value is -2.30. The summed E-state index contributed by atoms with van der Waals surface area (Å²) in [6.45, 7) is 8.14. The van der Waals surface area contributed by atoms with Crippen LogP contribution in [0.25, 0.3) is 11.0 Å². The number of furan rings is 1. The molecule has 0 unspecified atom stereocenters. The van der Waals surface area contributed by atoms with Gasteiger partial charge in [0.1, 0.15) is 5.58 Å². The minimum atomic E-state index is -0.795. The summed E-state index contributed by atoms with van der Waals surface area (Å²) < 4.78 is 10.7. The van der Waals surface area contributed by atoms with Crippen molar-refractivity contribution in [1.29, 1.82) is 0 Å². The van der Waals surface area contributed by atoms with Gasteiger partial charge in [-0.1, -0.05) is 6.92 Å². The number of hydrogen-bond acceptors (Lipinski definition) is 4. The molecular weight excluding hydrogens is 294 g/mol. The minimum Gasteiger partial charge on any atom is -0.464 e. The summed E-state index contributed by atoms with van der Waals surface area (Å²) in [5.41, 5.74) is 3.81. The molecule has 0 spiro atoms. The van der Waals surface area contributed by atoms with E-state index in [0.29, 0.717) is 6.54 Å². The molecule has 0 saturated carbocycles. The number of rotatable bonds is 6. The zero-order valence-corrected chi connectivity index (χ0v) is 14.1. The topological polar surface area (TPSA) is 68.5 Å². The molecule has 23 heavy (non-hydrogen) atoms. The average molecular weight is 317 g/mol. The third kappa shape index (κ3) is 4.12. The third-order valence-electron chi connectivity index (χ3n) is 3.83. The fourth-order valence-electron chi connectivity index (χ4n) is 2.31. The Morgan fingerprint density at radius 1 is 1.26 bits per heavy atom. The number of esters is 1. The first kappa shape index (κ1) is 17.1. The molecule has 124 valence electrons. The van der Waals surface area contributed by atoms with Crippen LogP contribution in [-0.2, 0) is 20.7 Å². The predicted molar refractivity (Wildman–Crippen MR) is 88.2 cm³/mol. The first-order valence-electron chi connectivity index (χ1n) is 7.87. The first-order chi connectivity index (χ1) is 10.9. The van der Waals surface area contributed by atoms with Crippen LogP contribution in [0.2, 0.25) is 0 Å². The van der Waals surface area contributed by atoms with Gasteiger partial charge in [0.05, 0.1) is 12.7 Å². The van der Waals surface area contributed by atoms with E-state index in [1.165, 1.54) is 0 Å². The molecule has 1 amide bonds. The molecule has 5 nitrogen and oxygen atoms in total. The molecule has 1 N–H and O–H groups in total. The van der Waals surface area contributed by atoms with Crippen molar-refractivity contribution >= 4 is 22.8 Å². The second kappa shape index (κ2) is 7.31. The Morgan fingerprint density at radius 2 is 1.96 bits per heavy atom. The van der Waals surface area contributed by atoms with Gasteiger partial charge in [0, 0.05) is 17.5 Å². The average Bonchev–Trinajstić information content (AvgIpc) is 2.87. The van der Waals surface area contributed by atoms with Crippen molar-refractivity contribution in [3.8, 4) is 0 Å². The van der Waals surface area contributed by atoms with Gasteiger partial charge in [-0.2, -0.15) is 0 Å². The van der Waals surface area contributed by atoms with Crippen LogP contribution in [0.3, 0.4) is 0 Å². The molecule has 1 atom stereocenters. The highest BCUT2D eigenvalue weighted by molar-refractivity contribution is 5.88. The highest BCUT2D eigenvalue weighted by atomic mass is 16.5. The molecule has 0 aliphatic carbocycles. The summed E-state index contributed by atoms with van der Waals surface area (Å²) in [5.74, 6) is -0.714. The summed E-state index contributed by atoms with van der Waals surface area (Å²) >= 11 is 0. The number of hydrogen-bond donors (Lipinski definition) is 1. The SMILES string of the molecule is CCCNC(=O)[C@H](C)OC(=O)Cc1coc2cc(C)c(C)cc12. The van der Waals surface area contributed by atoms with Crippen molar-refractivity contribution in [2.75, 3.05) is 6.54 Å². The van der Waals surface area contributed by atoms with E-state index in [1.807, 2.05) is 32.9 Å². The van der Waals surface area contributed by atoms with E-state index in [-0.39, 0.29) is 12.3 Å². The van der Waals surface area contributed by atoms with Gasteiger partial charge in [-0.3, -0.25) is 9.59 Å². The number of benzene rings is 1. The van der Waals surface area contributed by atoms with Crippen molar-refractivity contribution < 1.29 is 18.7 Å². The maximum atomic E-state index is 12.1. The van der Waals surface area contributed by atoms with Crippen LogP contribution < -0.4 is 5.32 Å². The largest absolute Gasteiger partial charge is 0.464 e. The Balaban J connectivity index is 2.03. The van der Waals surface area contributed by atoms with Crippen molar-refractivity contribution in [3.63, 3.8) is 0 Å². The monoisotopic (exact) mass is 317 g/mol. The molecule has 0 saturated heterocycles. The maximum Gasteiger partial charge on any atom is 0.311 e.